The lowest BCUT2D eigenvalue weighted by molar-refractivity contribution is -0.115. The molecule has 0 aliphatic heterocycles. The SMILES string of the molecule is CCC(CC)COc1ccc(Oc2ccc(N(C(C)=O)c3ccccc3C(=O)OC)cc2)cc1. The number of rotatable bonds is 10. The second kappa shape index (κ2) is 11.9. The Balaban J connectivity index is 1.73. The number of benzene rings is 3. The predicted octanol–water partition coefficient (Wildman–Crippen LogP) is 6.77. The average molecular weight is 462 g/mol. The Morgan fingerprint density at radius 1 is 0.824 bits per heavy atom. The standard InChI is InChI=1S/C28H31NO5/c1-5-21(6-2)19-33-23-15-17-25(18-16-23)34-24-13-11-22(12-14-24)29(20(3)30)27-10-8-7-9-26(27)28(31)32-4/h7-18,21H,5-6,19H2,1-4H3. The van der Waals surface area contributed by atoms with Gasteiger partial charge in [0.2, 0.25) is 5.91 Å². The Bertz CT molecular complexity index is 1090. The van der Waals surface area contributed by atoms with E-state index in [-0.39, 0.29) is 5.91 Å². The van der Waals surface area contributed by atoms with E-state index in [1.807, 2.05) is 24.3 Å². The number of methoxy groups -OCH3 is 1. The predicted molar refractivity (Wildman–Crippen MR) is 133 cm³/mol. The molecule has 34 heavy (non-hydrogen) atoms. The Hall–Kier alpha value is -3.80. The van der Waals surface area contributed by atoms with Gasteiger partial charge in [-0.15, -0.1) is 0 Å². The molecule has 0 aromatic heterocycles. The van der Waals surface area contributed by atoms with Crippen molar-refractivity contribution in [1.29, 1.82) is 0 Å². The number of hydrogen-bond donors (Lipinski definition) is 0. The van der Waals surface area contributed by atoms with Crippen LogP contribution in [0.3, 0.4) is 0 Å². The molecular formula is C28H31NO5. The number of amides is 1. The highest BCUT2D eigenvalue weighted by Gasteiger charge is 2.21. The maximum Gasteiger partial charge on any atom is 0.339 e. The molecule has 0 fully saturated rings. The second-order valence-corrected chi connectivity index (χ2v) is 7.92. The van der Waals surface area contributed by atoms with Crippen molar-refractivity contribution in [3.8, 4) is 17.2 Å². The third kappa shape index (κ3) is 6.16. The Kier molecular flexibility index (Phi) is 8.68. The van der Waals surface area contributed by atoms with E-state index in [2.05, 4.69) is 13.8 Å². The van der Waals surface area contributed by atoms with Crippen LogP contribution >= 0.6 is 0 Å². The maximum atomic E-state index is 12.5. The molecule has 3 aromatic rings. The third-order valence-corrected chi connectivity index (χ3v) is 5.66. The molecule has 6 heteroatoms. The quantitative estimate of drug-likeness (QED) is 0.312. The number of carbonyl (C=O) groups excluding carboxylic acids is 2. The minimum absolute atomic E-state index is 0.228. The summed E-state index contributed by atoms with van der Waals surface area (Å²) in [6.45, 7) is 6.51. The molecule has 0 atom stereocenters. The Labute approximate surface area is 201 Å². The summed E-state index contributed by atoms with van der Waals surface area (Å²) >= 11 is 0. The molecule has 3 aromatic carbocycles. The highest BCUT2D eigenvalue weighted by atomic mass is 16.5. The highest BCUT2D eigenvalue weighted by Crippen LogP contribution is 2.32. The zero-order valence-electron chi connectivity index (χ0n) is 20.1. The van der Waals surface area contributed by atoms with Crippen molar-refractivity contribution in [2.45, 2.75) is 33.6 Å². The fraction of sp³-hybridized carbons (Fsp3) is 0.286. The lowest BCUT2D eigenvalue weighted by atomic mass is 10.1. The van der Waals surface area contributed by atoms with Crippen LogP contribution in [0.15, 0.2) is 72.8 Å². The fourth-order valence-electron chi connectivity index (χ4n) is 3.58. The number of carbonyl (C=O) groups is 2. The van der Waals surface area contributed by atoms with Gasteiger partial charge in [0.05, 0.1) is 25.0 Å². The number of nitrogens with zero attached hydrogens (tertiary/aromatic N) is 1. The van der Waals surface area contributed by atoms with Crippen LogP contribution in [0, 0.1) is 5.92 Å². The summed E-state index contributed by atoms with van der Waals surface area (Å²) in [5, 5.41) is 0. The Morgan fingerprint density at radius 3 is 1.94 bits per heavy atom. The van der Waals surface area contributed by atoms with Crippen LogP contribution in [0.1, 0.15) is 44.0 Å². The minimum Gasteiger partial charge on any atom is -0.493 e. The van der Waals surface area contributed by atoms with Gasteiger partial charge in [0.1, 0.15) is 17.2 Å². The number of para-hydroxylation sites is 1. The van der Waals surface area contributed by atoms with Gasteiger partial charge in [-0.3, -0.25) is 9.69 Å². The number of ether oxygens (including phenoxy) is 3. The first-order valence-corrected chi connectivity index (χ1v) is 11.5. The summed E-state index contributed by atoms with van der Waals surface area (Å²) in [5.41, 5.74) is 1.38. The molecule has 0 N–H and O–H groups in total. The summed E-state index contributed by atoms with van der Waals surface area (Å²) in [4.78, 5) is 26.1. The number of hydrogen-bond acceptors (Lipinski definition) is 5. The molecule has 0 saturated heterocycles. The van der Waals surface area contributed by atoms with Gasteiger partial charge in [-0.1, -0.05) is 38.8 Å². The minimum atomic E-state index is -0.505. The molecule has 1 amide bonds. The molecule has 0 bridgehead atoms. The summed E-state index contributed by atoms with van der Waals surface area (Å²) in [7, 11) is 1.31. The molecular weight excluding hydrogens is 430 g/mol. The van der Waals surface area contributed by atoms with Gasteiger partial charge < -0.3 is 14.2 Å². The van der Waals surface area contributed by atoms with Crippen LogP contribution in [-0.2, 0) is 9.53 Å². The van der Waals surface area contributed by atoms with Crippen LogP contribution in [0.25, 0.3) is 0 Å². The molecule has 0 heterocycles. The molecule has 0 saturated carbocycles. The van der Waals surface area contributed by atoms with Gasteiger partial charge in [-0.25, -0.2) is 4.79 Å². The molecule has 0 spiro atoms. The summed E-state index contributed by atoms with van der Waals surface area (Å²) in [6, 6.07) is 21.5. The van der Waals surface area contributed by atoms with Crippen molar-refractivity contribution in [2.24, 2.45) is 5.92 Å². The number of anilines is 2. The van der Waals surface area contributed by atoms with Crippen molar-refractivity contribution < 1.29 is 23.8 Å². The van der Waals surface area contributed by atoms with Crippen LogP contribution in [0.2, 0.25) is 0 Å². The maximum absolute atomic E-state index is 12.5. The van der Waals surface area contributed by atoms with Crippen molar-refractivity contribution in [1.82, 2.24) is 0 Å². The van der Waals surface area contributed by atoms with Crippen LogP contribution in [0.4, 0.5) is 11.4 Å². The molecule has 0 unspecified atom stereocenters. The summed E-state index contributed by atoms with van der Waals surface area (Å²) in [6.07, 6.45) is 2.20. The monoisotopic (exact) mass is 461 g/mol. The van der Waals surface area contributed by atoms with Crippen LogP contribution in [0.5, 0.6) is 17.2 Å². The molecule has 0 aliphatic rings. The number of esters is 1. The fourth-order valence-corrected chi connectivity index (χ4v) is 3.58. The van der Waals surface area contributed by atoms with Gasteiger partial charge in [-0.05, 0) is 66.6 Å². The molecule has 0 radical (unpaired) electrons. The molecule has 178 valence electrons. The van der Waals surface area contributed by atoms with Crippen LogP contribution < -0.4 is 14.4 Å². The van der Waals surface area contributed by atoms with E-state index in [0.29, 0.717) is 41.0 Å². The Morgan fingerprint density at radius 2 is 1.38 bits per heavy atom. The third-order valence-electron chi connectivity index (χ3n) is 5.66. The first-order valence-electron chi connectivity index (χ1n) is 11.5. The van der Waals surface area contributed by atoms with Crippen molar-refractivity contribution in [3.05, 3.63) is 78.4 Å². The highest BCUT2D eigenvalue weighted by molar-refractivity contribution is 6.06. The van der Waals surface area contributed by atoms with Crippen molar-refractivity contribution in [3.63, 3.8) is 0 Å². The average Bonchev–Trinajstić information content (AvgIpc) is 2.86. The summed E-state index contributed by atoms with van der Waals surface area (Å²) in [5.74, 6) is 1.95. The van der Waals surface area contributed by atoms with Crippen molar-refractivity contribution >= 4 is 23.3 Å². The lowest BCUT2D eigenvalue weighted by Crippen LogP contribution is -2.25. The molecule has 0 aliphatic carbocycles. The summed E-state index contributed by atoms with van der Waals surface area (Å²) < 4.78 is 16.7. The zero-order valence-corrected chi connectivity index (χ0v) is 20.1. The lowest BCUT2D eigenvalue weighted by Gasteiger charge is -2.23. The van der Waals surface area contributed by atoms with Crippen LogP contribution in [-0.4, -0.2) is 25.6 Å². The molecule has 3 rings (SSSR count). The van der Waals surface area contributed by atoms with E-state index in [1.54, 1.807) is 48.5 Å². The van der Waals surface area contributed by atoms with E-state index < -0.39 is 5.97 Å². The molecule has 6 nitrogen and oxygen atoms in total. The smallest absolute Gasteiger partial charge is 0.339 e. The van der Waals surface area contributed by atoms with E-state index in [1.165, 1.54) is 18.9 Å². The zero-order chi connectivity index (χ0) is 24.5. The van der Waals surface area contributed by atoms with E-state index in [4.69, 9.17) is 14.2 Å². The largest absolute Gasteiger partial charge is 0.493 e. The van der Waals surface area contributed by atoms with E-state index in [0.717, 1.165) is 18.6 Å². The first-order chi connectivity index (χ1) is 16.5. The second-order valence-electron chi connectivity index (χ2n) is 7.92. The van der Waals surface area contributed by atoms with Gasteiger partial charge in [-0.2, -0.15) is 0 Å². The first kappa shape index (κ1) is 24.8. The van der Waals surface area contributed by atoms with Gasteiger partial charge in [0, 0.05) is 12.6 Å². The van der Waals surface area contributed by atoms with Gasteiger partial charge in [0.25, 0.3) is 0 Å². The topological polar surface area (TPSA) is 65.1 Å². The van der Waals surface area contributed by atoms with Gasteiger partial charge >= 0.3 is 5.97 Å². The van der Waals surface area contributed by atoms with E-state index in [9.17, 15) is 9.59 Å². The van der Waals surface area contributed by atoms with Crippen molar-refractivity contribution in [2.75, 3.05) is 18.6 Å². The van der Waals surface area contributed by atoms with E-state index >= 15 is 0 Å². The normalized spacial score (nSPS) is 10.6. The van der Waals surface area contributed by atoms with Gasteiger partial charge in [0.15, 0.2) is 0 Å².